The number of rotatable bonds is 14. The third kappa shape index (κ3) is 9.06. The van der Waals surface area contributed by atoms with Gasteiger partial charge in [0, 0.05) is 56.3 Å². The minimum absolute atomic E-state index is 0. The number of unbranched alkanes of at least 4 members (excludes halogenated alkanes) is 1. The Bertz CT molecular complexity index is 2380. The summed E-state index contributed by atoms with van der Waals surface area (Å²) >= 11 is 6.59. The molecule has 6 rings (SSSR count). The number of anilines is 1. The van der Waals surface area contributed by atoms with Crippen molar-refractivity contribution in [2.24, 2.45) is 0 Å². The number of hydrogen-bond donors (Lipinski definition) is 2. The van der Waals surface area contributed by atoms with Gasteiger partial charge in [0.1, 0.15) is 36.0 Å². The van der Waals surface area contributed by atoms with Crippen molar-refractivity contribution < 1.29 is 19.4 Å². The molecule has 13 nitrogen and oxygen atoms in total. The first-order valence-corrected chi connectivity index (χ1v) is 17.4. The second kappa shape index (κ2) is 18.6. The third-order valence-corrected chi connectivity index (χ3v) is 9.09. The number of phenolic OH excluding ortho intramolecular Hbond substituents is 1. The van der Waals surface area contributed by atoms with E-state index in [0.29, 0.717) is 95.2 Å². The fourth-order valence-electron chi connectivity index (χ4n) is 6.03. The van der Waals surface area contributed by atoms with Gasteiger partial charge in [-0.05, 0) is 42.3 Å². The number of carbonyl (C=O) groups excluding carboxylic acids is 1. The lowest BCUT2D eigenvalue weighted by atomic mass is 10.1. The standard InChI is InChI=1S/C39H39ClN8O5.BrH/c1-52-20-18-46(19-21-53-2)33(50)17-5-3-4-10-26-12-9-16-31-34(26)39(51)47(23-28-11-6-7-15-30(28)40)32(44-31)24-48-38-35(37(41)42-25-43-38)36(45-48)27-13-8-14-29(49)22-27;/h6-9,11-16,22,25,49H,3,5,17-21,23-24H2,1-2H3,(H2,41,42,43);1H. The van der Waals surface area contributed by atoms with Crippen molar-refractivity contribution in [3.63, 3.8) is 0 Å². The van der Waals surface area contributed by atoms with Gasteiger partial charge in [0.15, 0.2) is 5.65 Å². The molecule has 6 aromatic rings. The Morgan fingerprint density at radius 1 is 0.981 bits per heavy atom. The topological polar surface area (TPSA) is 164 Å². The maximum Gasteiger partial charge on any atom is 0.263 e. The molecule has 3 heterocycles. The van der Waals surface area contributed by atoms with Crippen LogP contribution in [0.2, 0.25) is 5.02 Å². The zero-order valence-electron chi connectivity index (χ0n) is 29.9. The number of hydrogen-bond acceptors (Lipinski definition) is 10. The summed E-state index contributed by atoms with van der Waals surface area (Å²) in [4.78, 5) is 42.7. The molecule has 0 aliphatic carbocycles. The molecule has 3 aromatic carbocycles. The lowest BCUT2D eigenvalue weighted by Crippen LogP contribution is -2.36. The Kier molecular flexibility index (Phi) is 13.7. The second-order valence-electron chi connectivity index (χ2n) is 12.2. The first kappa shape index (κ1) is 39.9. The van der Waals surface area contributed by atoms with Crippen molar-refractivity contribution in [1.82, 2.24) is 34.2 Å². The van der Waals surface area contributed by atoms with Crippen molar-refractivity contribution in [3.05, 3.63) is 105 Å². The minimum Gasteiger partial charge on any atom is -0.508 e. The highest BCUT2D eigenvalue weighted by atomic mass is 79.9. The Morgan fingerprint density at radius 3 is 2.48 bits per heavy atom. The fourth-order valence-corrected chi connectivity index (χ4v) is 6.23. The fraction of sp³-hybridized carbons (Fsp3) is 0.282. The molecule has 280 valence electrons. The van der Waals surface area contributed by atoms with E-state index in [1.807, 2.05) is 24.3 Å². The van der Waals surface area contributed by atoms with E-state index in [1.165, 1.54) is 6.33 Å². The van der Waals surface area contributed by atoms with Gasteiger partial charge < -0.3 is 25.2 Å². The average Bonchev–Trinajstić information content (AvgIpc) is 3.53. The molecule has 54 heavy (non-hydrogen) atoms. The van der Waals surface area contributed by atoms with Crippen molar-refractivity contribution in [3.8, 4) is 28.8 Å². The van der Waals surface area contributed by atoms with E-state index in [-0.39, 0.29) is 53.1 Å². The van der Waals surface area contributed by atoms with E-state index in [2.05, 4.69) is 21.8 Å². The molecule has 0 saturated heterocycles. The molecule has 0 bridgehead atoms. The number of carbonyl (C=O) groups is 1. The number of methoxy groups -OCH3 is 2. The highest BCUT2D eigenvalue weighted by Gasteiger charge is 2.21. The monoisotopic (exact) mass is 814 g/mol. The van der Waals surface area contributed by atoms with E-state index in [1.54, 1.807) is 70.8 Å². The van der Waals surface area contributed by atoms with Gasteiger partial charge in [-0.2, -0.15) is 5.10 Å². The molecule has 0 spiro atoms. The molecule has 3 aromatic heterocycles. The van der Waals surface area contributed by atoms with Crippen LogP contribution in [0.5, 0.6) is 5.75 Å². The van der Waals surface area contributed by atoms with Gasteiger partial charge >= 0.3 is 0 Å². The number of ether oxygens (including phenoxy) is 2. The van der Waals surface area contributed by atoms with Crippen LogP contribution in [0.15, 0.2) is 77.9 Å². The Labute approximate surface area is 327 Å². The summed E-state index contributed by atoms with van der Waals surface area (Å²) in [7, 11) is 3.21. The molecule has 0 unspecified atom stereocenters. The highest BCUT2D eigenvalue weighted by Crippen LogP contribution is 2.32. The molecule has 1 amide bonds. The van der Waals surface area contributed by atoms with E-state index < -0.39 is 0 Å². The molecule has 15 heteroatoms. The summed E-state index contributed by atoms with van der Waals surface area (Å²) in [6.45, 7) is 2.07. The second-order valence-corrected chi connectivity index (χ2v) is 12.7. The van der Waals surface area contributed by atoms with E-state index in [4.69, 9.17) is 36.9 Å². The van der Waals surface area contributed by atoms with Crippen LogP contribution < -0.4 is 11.3 Å². The summed E-state index contributed by atoms with van der Waals surface area (Å²) in [5, 5.41) is 16.4. The Morgan fingerprint density at radius 2 is 1.74 bits per heavy atom. The predicted octanol–water partition coefficient (Wildman–Crippen LogP) is 5.46. The van der Waals surface area contributed by atoms with Crippen LogP contribution in [0.1, 0.15) is 36.2 Å². The van der Waals surface area contributed by atoms with Gasteiger partial charge in [-0.15, -0.1) is 17.0 Å². The van der Waals surface area contributed by atoms with Gasteiger partial charge in [-0.1, -0.05) is 59.8 Å². The normalized spacial score (nSPS) is 10.9. The van der Waals surface area contributed by atoms with Crippen LogP contribution in [0.4, 0.5) is 5.82 Å². The van der Waals surface area contributed by atoms with Crippen LogP contribution in [0.25, 0.3) is 33.2 Å². The third-order valence-electron chi connectivity index (χ3n) is 8.72. The number of amides is 1. The largest absolute Gasteiger partial charge is 0.508 e. The van der Waals surface area contributed by atoms with Crippen molar-refractivity contribution in [2.75, 3.05) is 46.3 Å². The zero-order chi connectivity index (χ0) is 37.3. The average molecular weight is 816 g/mol. The number of fused-ring (bicyclic) bond motifs is 2. The first-order valence-electron chi connectivity index (χ1n) is 17.1. The maximum absolute atomic E-state index is 14.5. The van der Waals surface area contributed by atoms with Crippen LogP contribution >= 0.6 is 28.6 Å². The molecule has 3 N–H and O–H groups in total. The lowest BCUT2D eigenvalue weighted by molar-refractivity contribution is -0.132. The summed E-state index contributed by atoms with van der Waals surface area (Å²) in [6.07, 6.45) is 2.71. The van der Waals surface area contributed by atoms with Crippen molar-refractivity contribution >= 4 is 62.2 Å². The van der Waals surface area contributed by atoms with Crippen LogP contribution in [0, 0.1) is 11.8 Å². The Balaban J connectivity index is 0.00000561. The highest BCUT2D eigenvalue weighted by molar-refractivity contribution is 8.93. The molecule has 0 aliphatic heterocycles. The summed E-state index contributed by atoms with van der Waals surface area (Å²) in [5.74, 6) is 7.03. The molecule has 0 saturated carbocycles. The van der Waals surface area contributed by atoms with Crippen molar-refractivity contribution in [2.45, 2.75) is 32.4 Å². The smallest absolute Gasteiger partial charge is 0.263 e. The Hall–Kier alpha value is -5.33. The predicted molar refractivity (Wildman–Crippen MR) is 214 cm³/mol. The molecule has 0 radical (unpaired) electrons. The number of aromatic hydroxyl groups is 1. The number of halogens is 2. The molecule has 0 fully saturated rings. The van der Waals surface area contributed by atoms with E-state index in [0.717, 1.165) is 5.56 Å². The molecular weight excluding hydrogens is 776 g/mol. The molecular formula is C39H40BrClN8O5. The van der Waals surface area contributed by atoms with E-state index in [9.17, 15) is 14.7 Å². The first-order chi connectivity index (χ1) is 25.8. The number of benzene rings is 3. The summed E-state index contributed by atoms with van der Waals surface area (Å²) in [6, 6.07) is 19.4. The lowest BCUT2D eigenvalue weighted by Gasteiger charge is -2.21. The van der Waals surface area contributed by atoms with Gasteiger partial charge in [0.2, 0.25) is 5.91 Å². The van der Waals surface area contributed by atoms with Gasteiger partial charge in [-0.3, -0.25) is 14.2 Å². The number of nitrogens with two attached hydrogens (primary N) is 1. The molecule has 0 atom stereocenters. The van der Waals surface area contributed by atoms with Crippen LogP contribution in [0.3, 0.4) is 0 Å². The van der Waals surface area contributed by atoms with Gasteiger partial charge in [-0.25, -0.2) is 19.6 Å². The quantitative estimate of drug-likeness (QED) is 0.107. The maximum atomic E-state index is 14.5. The summed E-state index contributed by atoms with van der Waals surface area (Å²) in [5.41, 5.74) is 9.30. The SMILES string of the molecule is Br.COCCN(CCOC)C(=O)CCCC#Cc1cccc2nc(Cn3nc(-c4cccc(O)c4)c4c(N)ncnc43)n(Cc3ccccc3Cl)c(=O)c12. The zero-order valence-corrected chi connectivity index (χ0v) is 32.3. The van der Waals surface area contributed by atoms with Gasteiger partial charge in [0.25, 0.3) is 5.56 Å². The van der Waals surface area contributed by atoms with Crippen LogP contribution in [-0.4, -0.2) is 85.7 Å². The van der Waals surface area contributed by atoms with Crippen molar-refractivity contribution in [1.29, 1.82) is 0 Å². The summed E-state index contributed by atoms with van der Waals surface area (Å²) < 4.78 is 13.5. The minimum atomic E-state index is -0.296. The molecule has 0 aliphatic rings. The van der Waals surface area contributed by atoms with Crippen LogP contribution in [-0.2, 0) is 27.4 Å². The van der Waals surface area contributed by atoms with E-state index >= 15 is 0 Å². The van der Waals surface area contributed by atoms with Gasteiger partial charge in [0.05, 0.1) is 36.0 Å². The number of phenols is 1. The number of nitrogen functional groups attached to an aromatic ring is 1. The number of aromatic nitrogens is 6. The number of nitrogens with zero attached hydrogens (tertiary/aromatic N) is 7.